The maximum absolute atomic E-state index is 12.4. The number of hydrogen-bond donors (Lipinski definition) is 0. The van der Waals surface area contributed by atoms with Gasteiger partial charge in [-0.05, 0) is 110 Å². The maximum atomic E-state index is 12.4. The standard InChI is InChI=1S/C32H57NOS/c1-6-7-8-9-10-11-12-22-35-23-19-24(2)26-14-15-27-25-13-16-29-32(4,21-18-30(34)33(29)5)28(25)17-20-31(26,27)3/h24-29H,6-23H2,1-5H3/t24?,25-,26+,27-,28-,29+,31+,32+/m0/s1. The van der Waals surface area contributed by atoms with Gasteiger partial charge in [-0.1, -0.05) is 66.2 Å². The monoisotopic (exact) mass is 503 g/mol. The average Bonchev–Trinajstić information content (AvgIpc) is 3.20. The van der Waals surface area contributed by atoms with Gasteiger partial charge in [-0.2, -0.15) is 11.8 Å². The van der Waals surface area contributed by atoms with Crippen LogP contribution in [0.5, 0.6) is 0 Å². The lowest BCUT2D eigenvalue weighted by atomic mass is 9.46. The topological polar surface area (TPSA) is 20.3 Å². The zero-order chi connectivity index (χ0) is 25.1. The van der Waals surface area contributed by atoms with Gasteiger partial charge in [0, 0.05) is 19.5 Å². The Balaban J connectivity index is 1.24. The lowest BCUT2D eigenvalue weighted by Gasteiger charge is -2.62. The van der Waals surface area contributed by atoms with E-state index in [-0.39, 0.29) is 0 Å². The van der Waals surface area contributed by atoms with E-state index < -0.39 is 0 Å². The first kappa shape index (κ1) is 27.8. The fourth-order valence-electron chi connectivity index (χ4n) is 9.86. The van der Waals surface area contributed by atoms with Crippen molar-refractivity contribution in [1.82, 2.24) is 4.90 Å². The summed E-state index contributed by atoms with van der Waals surface area (Å²) < 4.78 is 0. The molecular formula is C32H57NOS. The van der Waals surface area contributed by atoms with E-state index in [1.54, 1.807) is 0 Å². The van der Waals surface area contributed by atoms with Crippen molar-refractivity contribution < 1.29 is 4.79 Å². The Bertz CT molecular complexity index is 695. The molecule has 8 atom stereocenters. The Kier molecular flexibility index (Phi) is 9.64. The molecule has 35 heavy (non-hydrogen) atoms. The smallest absolute Gasteiger partial charge is 0.222 e. The summed E-state index contributed by atoms with van der Waals surface area (Å²) in [5.74, 6) is 7.68. The van der Waals surface area contributed by atoms with Gasteiger partial charge in [0.1, 0.15) is 0 Å². The molecule has 0 N–H and O–H groups in total. The summed E-state index contributed by atoms with van der Waals surface area (Å²) in [4.78, 5) is 14.6. The number of carbonyl (C=O) groups is 1. The summed E-state index contributed by atoms with van der Waals surface area (Å²) in [7, 11) is 2.09. The SMILES string of the molecule is CCCCCCCCCSCCC(C)[C@H]1CC[C@H]2[C@@H]3CC[C@H]4N(C)C(=O)CC[C@]4(C)[C@H]3CC[C@]12C. The largest absolute Gasteiger partial charge is 0.342 e. The van der Waals surface area contributed by atoms with Crippen LogP contribution in [0.25, 0.3) is 0 Å². The molecule has 0 spiro atoms. The number of carbonyl (C=O) groups excluding carboxylic acids is 1. The van der Waals surface area contributed by atoms with Crippen molar-refractivity contribution in [2.24, 2.45) is 40.4 Å². The van der Waals surface area contributed by atoms with Gasteiger partial charge >= 0.3 is 0 Å². The molecule has 4 rings (SSSR count). The Hall–Kier alpha value is -0.180. The van der Waals surface area contributed by atoms with E-state index in [1.807, 2.05) is 0 Å². The number of amides is 1. The normalized spacial score (nSPS) is 39.7. The Morgan fingerprint density at radius 1 is 0.886 bits per heavy atom. The molecule has 1 aliphatic heterocycles. The van der Waals surface area contributed by atoms with Crippen LogP contribution in [-0.4, -0.2) is 35.4 Å². The van der Waals surface area contributed by atoms with Crippen molar-refractivity contribution in [1.29, 1.82) is 0 Å². The maximum Gasteiger partial charge on any atom is 0.222 e. The molecule has 1 amide bonds. The second-order valence-electron chi connectivity index (χ2n) is 13.7. The summed E-state index contributed by atoms with van der Waals surface area (Å²) in [6, 6.07) is 0.499. The van der Waals surface area contributed by atoms with E-state index in [2.05, 4.69) is 51.4 Å². The first-order valence-corrected chi connectivity index (χ1v) is 16.8. The number of fused-ring (bicyclic) bond motifs is 5. The Morgan fingerprint density at radius 3 is 2.37 bits per heavy atom. The van der Waals surface area contributed by atoms with Crippen molar-refractivity contribution in [3.63, 3.8) is 0 Å². The van der Waals surface area contributed by atoms with Crippen molar-refractivity contribution in [2.45, 2.75) is 136 Å². The highest BCUT2D eigenvalue weighted by Crippen LogP contribution is 2.67. The minimum atomic E-state index is 0.364. The molecule has 0 bridgehead atoms. The second-order valence-corrected chi connectivity index (χ2v) is 14.9. The van der Waals surface area contributed by atoms with Crippen LogP contribution in [-0.2, 0) is 4.79 Å². The van der Waals surface area contributed by atoms with Crippen LogP contribution < -0.4 is 0 Å². The molecular weight excluding hydrogens is 446 g/mol. The molecule has 1 heterocycles. The number of likely N-dealkylation sites (tertiary alicyclic amines) is 1. The van der Waals surface area contributed by atoms with E-state index in [0.717, 1.165) is 42.4 Å². The molecule has 1 unspecified atom stereocenters. The predicted molar refractivity (Wildman–Crippen MR) is 153 cm³/mol. The van der Waals surface area contributed by atoms with Crippen LogP contribution in [0.15, 0.2) is 0 Å². The highest BCUT2D eigenvalue weighted by atomic mass is 32.2. The van der Waals surface area contributed by atoms with Crippen molar-refractivity contribution in [2.75, 3.05) is 18.6 Å². The van der Waals surface area contributed by atoms with Gasteiger partial charge in [0.05, 0.1) is 0 Å². The van der Waals surface area contributed by atoms with E-state index in [4.69, 9.17) is 0 Å². The summed E-state index contributed by atoms with van der Waals surface area (Å²) >= 11 is 2.24. The van der Waals surface area contributed by atoms with Crippen LogP contribution in [0, 0.1) is 40.4 Å². The minimum Gasteiger partial charge on any atom is -0.342 e. The molecule has 4 aliphatic rings. The Labute approximate surface area is 222 Å². The predicted octanol–water partition coefficient (Wildman–Crippen LogP) is 8.98. The van der Waals surface area contributed by atoms with Gasteiger partial charge < -0.3 is 4.90 Å². The number of rotatable bonds is 12. The zero-order valence-electron chi connectivity index (χ0n) is 24.0. The molecule has 0 aromatic rings. The fraction of sp³-hybridized carbons (Fsp3) is 0.969. The highest BCUT2D eigenvalue weighted by Gasteiger charge is 2.61. The van der Waals surface area contributed by atoms with Crippen molar-refractivity contribution in [3.05, 3.63) is 0 Å². The fourth-order valence-corrected chi connectivity index (χ4v) is 11.0. The summed E-state index contributed by atoms with van der Waals surface area (Å²) in [5.41, 5.74) is 0.937. The van der Waals surface area contributed by atoms with Gasteiger partial charge in [0.2, 0.25) is 5.91 Å². The molecule has 0 aromatic carbocycles. The minimum absolute atomic E-state index is 0.364. The van der Waals surface area contributed by atoms with Crippen LogP contribution in [0.1, 0.15) is 130 Å². The number of hydrogen-bond acceptors (Lipinski definition) is 2. The number of nitrogens with zero attached hydrogens (tertiary/aromatic N) is 1. The summed E-state index contributed by atoms with van der Waals surface area (Å²) in [6.45, 7) is 10.2. The summed E-state index contributed by atoms with van der Waals surface area (Å²) in [6.07, 6.45) is 21.8. The summed E-state index contributed by atoms with van der Waals surface area (Å²) in [5, 5.41) is 0. The third-order valence-corrected chi connectivity index (χ3v) is 13.0. The van der Waals surface area contributed by atoms with Gasteiger partial charge in [-0.25, -0.2) is 0 Å². The Morgan fingerprint density at radius 2 is 1.60 bits per heavy atom. The highest BCUT2D eigenvalue weighted by molar-refractivity contribution is 7.99. The lowest BCUT2D eigenvalue weighted by molar-refractivity contribution is -0.158. The second kappa shape index (κ2) is 12.1. The van der Waals surface area contributed by atoms with E-state index in [0.29, 0.717) is 22.8 Å². The molecule has 0 radical (unpaired) electrons. The van der Waals surface area contributed by atoms with Crippen LogP contribution in [0.3, 0.4) is 0 Å². The van der Waals surface area contributed by atoms with E-state index in [9.17, 15) is 4.79 Å². The molecule has 0 aromatic heterocycles. The van der Waals surface area contributed by atoms with Crippen LogP contribution in [0.2, 0.25) is 0 Å². The molecule has 2 nitrogen and oxygen atoms in total. The van der Waals surface area contributed by atoms with Gasteiger partial charge in [0.25, 0.3) is 0 Å². The van der Waals surface area contributed by atoms with E-state index >= 15 is 0 Å². The first-order chi connectivity index (χ1) is 16.8. The number of piperidine rings is 1. The van der Waals surface area contributed by atoms with Crippen molar-refractivity contribution >= 4 is 17.7 Å². The molecule has 3 heteroatoms. The molecule has 3 saturated carbocycles. The molecule has 202 valence electrons. The third kappa shape index (κ3) is 5.65. The van der Waals surface area contributed by atoms with Crippen LogP contribution in [0.4, 0.5) is 0 Å². The van der Waals surface area contributed by atoms with Gasteiger partial charge in [-0.3, -0.25) is 4.79 Å². The quantitative estimate of drug-likeness (QED) is 0.248. The first-order valence-electron chi connectivity index (χ1n) is 15.7. The van der Waals surface area contributed by atoms with Crippen molar-refractivity contribution in [3.8, 4) is 0 Å². The molecule has 3 aliphatic carbocycles. The third-order valence-electron chi connectivity index (χ3n) is 11.9. The lowest BCUT2D eigenvalue weighted by Crippen LogP contribution is -2.61. The molecule has 1 saturated heterocycles. The average molecular weight is 504 g/mol. The van der Waals surface area contributed by atoms with Gasteiger partial charge in [0.15, 0.2) is 0 Å². The van der Waals surface area contributed by atoms with E-state index in [1.165, 1.54) is 101 Å². The number of unbranched alkanes of at least 4 members (excludes halogenated alkanes) is 6. The number of thioether (sulfide) groups is 1. The molecule has 4 fully saturated rings. The van der Waals surface area contributed by atoms with Crippen LogP contribution >= 0.6 is 11.8 Å². The van der Waals surface area contributed by atoms with Gasteiger partial charge in [-0.15, -0.1) is 0 Å². The zero-order valence-corrected chi connectivity index (χ0v) is 24.8.